The molecule has 0 heterocycles. The molecule has 0 spiro atoms. The molecule has 0 saturated heterocycles. The zero-order valence-corrected chi connectivity index (χ0v) is 13.7. The zero-order chi connectivity index (χ0) is 15.6. The molecule has 0 aliphatic rings. The van der Waals surface area contributed by atoms with E-state index in [9.17, 15) is 4.79 Å². The van der Waals surface area contributed by atoms with E-state index in [1.165, 1.54) is 0 Å². The van der Waals surface area contributed by atoms with Crippen molar-refractivity contribution in [3.63, 3.8) is 0 Å². The number of amides is 1. The normalized spacial score (nSPS) is 10.3. The van der Waals surface area contributed by atoms with Crippen molar-refractivity contribution in [3.8, 4) is 5.75 Å². The third-order valence-corrected chi connectivity index (χ3v) is 3.89. The maximum absolute atomic E-state index is 12.3. The highest BCUT2D eigenvalue weighted by Crippen LogP contribution is 2.27. The van der Waals surface area contributed by atoms with Gasteiger partial charge < -0.3 is 15.8 Å². The summed E-state index contributed by atoms with van der Waals surface area (Å²) in [6.45, 7) is 3.88. The first kappa shape index (κ1) is 15.4. The number of anilines is 2. The predicted molar refractivity (Wildman–Crippen MR) is 89.0 cm³/mol. The first-order chi connectivity index (χ1) is 9.92. The van der Waals surface area contributed by atoms with Crippen LogP contribution in [-0.4, -0.2) is 13.0 Å². The molecular formula is C16H17BrN2O2. The molecule has 21 heavy (non-hydrogen) atoms. The Hall–Kier alpha value is -2.01. The number of carbonyl (C=O) groups excluding carboxylic acids is 1. The summed E-state index contributed by atoms with van der Waals surface area (Å²) in [5.74, 6) is 0.493. The van der Waals surface area contributed by atoms with Crippen LogP contribution in [0, 0.1) is 13.8 Å². The molecule has 2 aromatic carbocycles. The molecule has 0 atom stereocenters. The molecule has 0 saturated carbocycles. The van der Waals surface area contributed by atoms with Crippen LogP contribution < -0.4 is 15.8 Å². The highest BCUT2D eigenvalue weighted by Gasteiger charge is 2.11. The minimum Gasteiger partial charge on any atom is -0.496 e. The number of nitrogens with two attached hydrogens (primary N) is 1. The number of rotatable bonds is 3. The number of methoxy groups -OCH3 is 1. The van der Waals surface area contributed by atoms with Crippen molar-refractivity contribution in [2.24, 2.45) is 0 Å². The second-order valence-electron chi connectivity index (χ2n) is 4.83. The molecule has 1 amide bonds. The Bertz CT molecular complexity index is 699. The van der Waals surface area contributed by atoms with E-state index in [1.54, 1.807) is 31.4 Å². The van der Waals surface area contributed by atoms with Crippen molar-refractivity contribution in [2.45, 2.75) is 13.8 Å². The summed E-state index contributed by atoms with van der Waals surface area (Å²) in [5, 5.41) is 2.88. The lowest BCUT2D eigenvalue weighted by molar-refractivity contribution is 0.102. The summed E-state index contributed by atoms with van der Waals surface area (Å²) in [6, 6.07) is 8.91. The smallest absolute Gasteiger partial charge is 0.255 e. The van der Waals surface area contributed by atoms with E-state index >= 15 is 0 Å². The van der Waals surface area contributed by atoms with Gasteiger partial charge in [-0.3, -0.25) is 4.79 Å². The number of benzene rings is 2. The summed E-state index contributed by atoms with van der Waals surface area (Å²) in [6.07, 6.45) is 0. The number of nitrogen functional groups attached to an aromatic ring is 1. The molecule has 2 rings (SSSR count). The number of hydrogen-bond acceptors (Lipinski definition) is 3. The third kappa shape index (κ3) is 3.36. The molecule has 110 valence electrons. The van der Waals surface area contributed by atoms with Gasteiger partial charge in [-0.1, -0.05) is 6.07 Å². The first-order valence-electron chi connectivity index (χ1n) is 6.44. The molecule has 0 unspecified atom stereocenters. The largest absolute Gasteiger partial charge is 0.496 e. The van der Waals surface area contributed by atoms with E-state index in [-0.39, 0.29) is 5.91 Å². The van der Waals surface area contributed by atoms with Gasteiger partial charge in [0, 0.05) is 16.9 Å². The van der Waals surface area contributed by atoms with Crippen LogP contribution in [0.25, 0.3) is 0 Å². The average molecular weight is 349 g/mol. The summed E-state index contributed by atoms with van der Waals surface area (Å²) >= 11 is 3.37. The Morgan fingerprint density at radius 2 is 1.90 bits per heavy atom. The topological polar surface area (TPSA) is 64.3 Å². The number of aryl methyl sites for hydroxylation is 2. The molecule has 2 aromatic rings. The Kier molecular flexibility index (Phi) is 4.53. The summed E-state index contributed by atoms with van der Waals surface area (Å²) in [4.78, 5) is 12.3. The number of nitrogens with one attached hydrogen (secondary N) is 1. The minimum atomic E-state index is -0.190. The monoisotopic (exact) mass is 348 g/mol. The quantitative estimate of drug-likeness (QED) is 0.826. The van der Waals surface area contributed by atoms with Gasteiger partial charge in [-0.25, -0.2) is 0 Å². The molecule has 0 bridgehead atoms. The third-order valence-electron chi connectivity index (χ3n) is 3.28. The van der Waals surface area contributed by atoms with Crippen LogP contribution in [-0.2, 0) is 0 Å². The van der Waals surface area contributed by atoms with Gasteiger partial charge in [0.2, 0.25) is 0 Å². The van der Waals surface area contributed by atoms with Gasteiger partial charge in [-0.2, -0.15) is 0 Å². The van der Waals surface area contributed by atoms with E-state index in [0.717, 1.165) is 21.3 Å². The molecule has 3 N–H and O–H groups in total. The maximum Gasteiger partial charge on any atom is 0.255 e. The molecular weight excluding hydrogens is 332 g/mol. The fourth-order valence-corrected chi connectivity index (χ4v) is 2.55. The van der Waals surface area contributed by atoms with Crippen LogP contribution in [0.3, 0.4) is 0 Å². The van der Waals surface area contributed by atoms with Crippen molar-refractivity contribution >= 4 is 33.2 Å². The van der Waals surface area contributed by atoms with Gasteiger partial charge in [-0.15, -0.1) is 0 Å². The van der Waals surface area contributed by atoms with Gasteiger partial charge in [0.1, 0.15) is 5.75 Å². The Morgan fingerprint density at radius 1 is 1.19 bits per heavy atom. The van der Waals surface area contributed by atoms with Crippen LogP contribution in [0.15, 0.2) is 34.8 Å². The molecule has 5 heteroatoms. The molecule has 0 aromatic heterocycles. The Labute approximate surface area is 132 Å². The number of ether oxygens (including phenoxy) is 1. The van der Waals surface area contributed by atoms with E-state index in [4.69, 9.17) is 10.5 Å². The van der Waals surface area contributed by atoms with Crippen molar-refractivity contribution in [2.75, 3.05) is 18.2 Å². The number of halogens is 1. The fourth-order valence-electron chi connectivity index (χ4n) is 2.01. The van der Waals surface area contributed by atoms with Crippen molar-refractivity contribution in [3.05, 3.63) is 51.5 Å². The SMILES string of the molecule is COc1ccc(C(=O)Nc2cc(N)c(C)cc2C)cc1Br. The summed E-state index contributed by atoms with van der Waals surface area (Å²) in [7, 11) is 1.58. The van der Waals surface area contributed by atoms with E-state index in [2.05, 4.69) is 21.2 Å². The lowest BCUT2D eigenvalue weighted by Gasteiger charge is -2.12. The highest BCUT2D eigenvalue weighted by atomic mass is 79.9. The fraction of sp³-hybridized carbons (Fsp3) is 0.188. The second kappa shape index (κ2) is 6.18. The Morgan fingerprint density at radius 3 is 2.52 bits per heavy atom. The van der Waals surface area contributed by atoms with Gasteiger partial charge in [0.05, 0.1) is 11.6 Å². The summed E-state index contributed by atoms with van der Waals surface area (Å²) in [5.41, 5.74) is 9.78. The van der Waals surface area contributed by atoms with Crippen LogP contribution in [0.1, 0.15) is 21.5 Å². The average Bonchev–Trinajstić information content (AvgIpc) is 2.44. The van der Waals surface area contributed by atoms with Gasteiger partial charge in [0.25, 0.3) is 5.91 Å². The van der Waals surface area contributed by atoms with Crippen molar-refractivity contribution in [1.82, 2.24) is 0 Å². The van der Waals surface area contributed by atoms with Gasteiger partial charge in [-0.05, 0) is 65.2 Å². The zero-order valence-electron chi connectivity index (χ0n) is 12.2. The summed E-state index contributed by atoms with van der Waals surface area (Å²) < 4.78 is 5.88. The van der Waals surface area contributed by atoms with Crippen molar-refractivity contribution in [1.29, 1.82) is 0 Å². The van der Waals surface area contributed by atoms with E-state index < -0.39 is 0 Å². The molecule has 4 nitrogen and oxygen atoms in total. The lowest BCUT2D eigenvalue weighted by Crippen LogP contribution is -2.13. The first-order valence-corrected chi connectivity index (χ1v) is 7.23. The molecule has 0 fully saturated rings. The van der Waals surface area contributed by atoms with Gasteiger partial charge >= 0.3 is 0 Å². The molecule has 0 aliphatic heterocycles. The Balaban J connectivity index is 2.26. The van der Waals surface area contributed by atoms with Crippen LogP contribution in [0.5, 0.6) is 5.75 Å². The minimum absolute atomic E-state index is 0.190. The number of hydrogen-bond donors (Lipinski definition) is 2. The van der Waals surface area contributed by atoms with Crippen molar-refractivity contribution < 1.29 is 9.53 Å². The highest BCUT2D eigenvalue weighted by molar-refractivity contribution is 9.10. The standard InChI is InChI=1S/C16H17BrN2O2/c1-9-6-10(2)14(8-13(9)18)19-16(20)11-4-5-15(21-3)12(17)7-11/h4-8H,18H2,1-3H3,(H,19,20). The van der Waals surface area contributed by atoms with Crippen LogP contribution >= 0.6 is 15.9 Å². The second-order valence-corrected chi connectivity index (χ2v) is 5.68. The van der Waals surface area contributed by atoms with Crippen LogP contribution in [0.2, 0.25) is 0 Å². The van der Waals surface area contributed by atoms with Gasteiger partial charge in [0.15, 0.2) is 0 Å². The van der Waals surface area contributed by atoms with E-state index in [1.807, 2.05) is 19.9 Å². The number of carbonyl (C=O) groups is 1. The molecule has 0 aliphatic carbocycles. The molecule has 0 radical (unpaired) electrons. The lowest BCUT2D eigenvalue weighted by atomic mass is 10.1. The van der Waals surface area contributed by atoms with E-state index in [0.29, 0.717) is 17.0 Å². The van der Waals surface area contributed by atoms with Crippen LogP contribution in [0.4, 0.5) is 11.4 Å². The maximum atomic E-state index is 12.3. The predicted octanol–water partition coefficient (Wildman–Crippen LogP) is 3.91.